The van der Waals surface area contributed by atoms with Gasteiger partial charge in [0.05, 0.1) is 6.10 Å². The van der Waals surface area contributed by atoms with Crippen molar-refractivity contribution in [2.24, 2.45) is 0 Å². The molecule has 2 N–H and O–H groups in total. The lowest BCUT2D eigenvalue weighted by Gasteiger charge is -2.09. The molecule has 1 saturated heterocycles. The molecule has 0 aromatic heterocycles. The summed E-state index contributed by atoms with van der Waals surface area (Å²) < 4.78 is 0. The van der Waals surface area contributed by atoms with Gasteiger partial charge in [0.1, 0.15) is 0 Å². The summed E-state index contributed by atoms with van der Waals surface area (Å²) in [6.07, 6.45) is 3.30. The summed E-state index contributed by atoms with van der Waals surface area (Å²) in [5, 5.41) is 12.6. The number of rotatable bonds is 0. The number of hydrogen-bond donors (Lipinski definition) is 2. The third-order valence-corrected chi connectivity index (χ3v) is 2.32. The topological polar surface area (TPSA) is 32.3 Å². The highest BCUT2D eigenvalue weighted by Gasteiger charge is 2.51. The zero-order valence-electron chi connectivity index (χ0n) is 4.85. The molecule has 0 aromatic rings. The van der Waals surface area contributed by atoms with Gasteiger partial charge in [-0.2, -0.15) is 0 Å². The van der Waals surface area contributed by atoms with Crippen molar-refractivity contribution in [2.45, 2.75) is 30.9 Å². The third kappa shape index (κ3) is 0.446. The van der Waals surface area contributed by atoms with E-state index < -0.39 is 0 Å². The molecule has 0 aromatic carbocycles. The Kier molecular flexibility index (Phi) is 0.746. The smallest absolute Gasteiger partial charge is 0.0733 e. The van der Waals surface area contributed by atoms with Gasteiger partial charge in [0, 0.05) is 5.54 Å². The van der Waals surface area contributed by atoms with Crippen LogP contribution in [-0.2, 0) is 0 Å². The van der Waals surface area contributed by atoms with E-state index in [1.807, 2.05) is 0 Å². The Morgan fingerprint density at radius 3 is 2.50 bits per heavy atom. The second kappa shape index (κ2) is 1.25. The van der Waals surface area contributed by atoms with Gasteiger partial charge >= 0.3 is 0 Å². The highest BCUT2D eigenvalue weighted by Crippen LogP contribution is 2.42. The molecule has 1 spiro atoms. The number of nitrogens with one attached hydrogen (secondary N) is 1. The summed E-state index contributed by atoms with van der Waals surface area (Å²) in [7, 11) is 0. The van der Waals surface area contributed by atoms with Crippen molar-refractivity contribution in [3.05, 3.63) is 0 Å². The summed E-state index contributed by atoms with van der Waals surface area (Å²) in [5.74, 6) is 0. The van der Waals surface area contributed by atoms with E-state index in [9.17, 15) is 5.11 Å². The van der Waals surface area contributed by atoms with Gasteiger partial charge in [0.15, 0.2) is 0 Å². The van der Waals surface area contributed by atoms with Crippen LogP contribution in [0.5, 0.6) is 0 Å². The first kappa shape index (κ1) is 4.77. The van der Waals surface area contributed by atoms with Crippen LogP contribution in [0, 0.1) is 0 Å². The molecular formula is C6H11NO. The molecule has 2 heteroatoms. The Labute approximate surface area is 48.9 Å². The van der Waals surface area contributed by atoms with Crippen molar-refractivity contribution in [3.63, 3.8) is 0 Å². The van der Waals surface area contributed by atoms with Crippen LogP contribution in [0.2, 0.25) is 0 Å². The van der Waals surface area contributed by atoms with E-state index in [0.717, 1.165) is 13.0 Å². The van der Waals surface area contributed by atoms with Gasteiger partial charge in [0.25, 0.3) is 0 Å². The second-order valence-corrected chi connectivity index (χ2v) is 2.89. The SMILES string of the molecule is OC1CCNC12CC2. The van der Waals surface area contributed by atoms with Crippen LogP contribution in [0.3, 0.4) is 0 Å². The molecule has 46 valence electrons. The van der Waals surface area contributed by atoms with E-state index in [4.69, 9.17) is 0 Å². The lowest BCUT2D eigenvalue weighted by molar-refractivity contribution is 0.149. The van der Waals surface area contributed by atoms with Crippen LogP contribution >= 0.6 is 0 Å². The largest absolute Gasteiger partial charge is 0.391 e. The average Bonchev–Trinajstić information content (AvgIpc) is 2.39. The standard InChI is InChI=1S/C6H11NO/c8-5-1-4-7-6(5)2-3-6/h5,7-8H,1-4H2. The van der Waals surface area contributed by atoms with Crippen molar-refractivity contribution in [1.82, 2.24) is 5.32 Å². The molecule has 0 bridgehead atoms. The van der Waals surface area contributed by atoms with Crippen molar-refractivity contribution in [1.29, 1.82) is 0 Å². The summed E-state index contributed by atoms with van der Waals surface area (Å²) in [5.41, 5.74) is 0.208. The molecule has 0 radical (unpaired) electrons. The Bertz CT molecular complexity index is 109. The van der Waals surface area contributed by atoms with Crippen molar-refractivity contribution in [2.75, 3.05) is 6.54 Å². The molecule has 1 aliphatic heterocycles. The molecule has 1 aliphatic carbocycles. The van der Waals surface area contributed by atoms with Crippen LogP contribution in [-0.4, -0.2) is 23.3 Å². The first-order valence-electron chi connectivity index (χ1n) is 3.27. The fraction of sp³-hybridized carbons (Fsp3) is 1.00. The lowest BCUT2D eigenvalue weighted by Crippen LogP contribution is -2.32. The fourth-order valence-corrected chi connectivity index (χ4v) is 1.50. The first-order valence-corrected chi connectivity index (χ1v) is 3.27. The minimum Gasteiger partial charge on any atom is -0.391 e. The van der Waals surface area contributed by atoms with Crippen molar-refractivity contribution < 1.29 is 5.11 Å². The second-order valence-electron chi connectivity index (χ2n) is 2.89. The molecule has 0 amide bonds. The number of aliphatic hydroxyl groups excluding tert-OH is 1. The van der Waals surface area contributed by atoms with E-state index in [2.05, 4.69) is 5.32 Å². The first-order chi connectivity index (χ1) is 3.83. The minimum atomic E-state index is -0.0394. The van der Waals surface area contributed by atoms with Crippen molar-refractivity contribution >= 4 is 0 Å². The van der Waals surface area contributed by atoms with Gasteiger partial charge in [-0.3, -0.25) is 0 Å². The molecule has 1 heterocycles. The van der Waals surface area contributed by atoms with E-state index >= 15 is 0 Å². The summed E-state index contributed by atoms with van der Waals surface area (Å²) in [6.45, 7) is 1.02. The van der Waals surface area contributed by atoms with Crippen LogP contribution < -0.4 is 5.32 Å². The molecule has 1 atom stereocenters. The Morgan fingerprint density at radius 1 is 1.50 bits per heavy atom. The van der Waals surface area contributed by atoms with Crippen LogP contribution in [0.25, 0.3) is 0 Å². The van der Waals surface area contributed by atoms with Crippen LogP contribution in [0.15, 0.2) is 0 Å². The molecule has 2 rings (SSSR count). The van der Waals surface area contributed by atoms with E-state index in [1.54, 1.807) is 0 Å². The Morgan fingerprint density at radius 2 is 2.25 bits per heavy atom. The minimum absolute atomic E-state index is 0.0394. The maximum atomic E-state index is 9.26. The molecule has 1 saturated carbocycles. The normalized spacial score (nSPS) is 40.9. The Balaban J connectivity index is 2.12. The van der Waals surface area contributed by atoms with E-state index in [0.29, 0.717) is 0 Å². The third-order valence-electron chi connectivity index (χ3n) is 2.32. The average molecular weight is 113 g/mol. The van der Waals surface area contributed by atoms with Gasteiger partial charge in [0.2, 0.25) is 0 Å². The van der Waals surface area contributed by atoms with E-state index in [1.165, 1.54) is 12.8 Å². The molecule has 2 fully saturated rings. The Hall–Kier alpha value is -0.0800. The van der Waals surface area contributed by atoms with E-state index in [-0.39, 0.29) is 11.6 Å². The highest BCUT2D eigenvalue weighted by molar-refractivity contribution is 5.10. The molecule has 2 nitrogen and oxygen atoms in total. The van der Waals surface area contributed by atoms with Gasteiger partial charge in [-0.25, -0.2) is 0 Å². The van der Waals surface area contributed by atoms with Gasteiger partial charge in [-0.1, -0.05) is 0 Å². The summed E-state index contributed by atoms with van der Waals surface area (Å²) >= 11 is 0. The monoisotopic (exact) mass is 113 g/mol. The molecule has 8 heavy (non-hydrogen) atoms. The quantitative estimate of drug-likeness (QED) is 0.459. The van der Waals surface area contributed by atoms with Gasteiger partial charge in [-0.15, -0.1) is 0 Å². The van der Waals surface area contributed by atoms with Gasteiger partial charge in [-0.05, 0) is 25.8 Å². The predicted molar refractivity (Wildman–Crippen MR) is 30.6 cm³/mol. The summed E-state index contributed by atoms with van der Waals surface area (Å²) in [6, 6.07) is 0. The number of hydrogen-bond acceptors (Lipinski definition) is 2. The zero-order valence-corrected chi connectivity index (χ0v) is 4.85. The van der Waals surface area contributed by atoms with Crippen LogP contribution in [0.1, 0.15) is 19.3 Å². The summed E-state index contributed by atoms with van der Waals surface area (Å²) in [4.78, 5) is 0. The molecule has 2 aliphatic rings. The maximum Gasteiger partial charge on any atom is 0.0733 e. The predicted octanol–water partition coefficient (Wildman–Crippen LogP) is -0.127. The molecular weight excluding hydrogens is 102 g/mol. The zero-order chi connectivity index (χ0) is 5.61. The molecule has 1 unspecified atom stereocenters. The fourth-order valence-electron chi connectivity index (χ4n) is 1.50. The number of aliphatic hydroxyl groups is 1. The highest BCUT2D eigenvalue weighted by atomic mass is 16.3. The maximum absolute atomic E-state index is 9.26. The lowest BCUT2D eigenvalue weighted by atomic mass is 10.1. The van der Waals surface area contributed by atoms with Crippen molar-refractivity contribution in [3.8, 4) is 0 Å². The van der Waals surface area contributed by atoms with Crippen LogP contribution in [0.4, 0.5) is 0 Å². The van der Waals surface area contributed by atoms with Gasteiger partial charge < -0.3 is 10.4 Å².